The number of aromatic nitrogens is 2. The minimum atomic E-state index is -0.525. The van der Waals surface area contributed by atoms with Gasteiger partial charge in [0, 0.05) is 6.04 Å². The van der Waals surface area contributed by atoms with E-state index in [2.05, 4.69) is 10.3 Å². The predicted molar refractivity (Wildman–Crippen MR) is 106 cm³/mol. The van der Waals surface area contributed by atoms with Gasteiger partial charge in [-0.05, 0) is 37.6 Å². The fourth-order valence-electron chi connectivity index (χ4n) is 2.60. The zero-order chi connectivity index (χ0) is 19.4. The lowest BCUT2D eigenvalue weighted by Crippen LogP contribution is -2.33. The van der Waals surface area contributed by atoms with Gasteiger partial charge in [0.25, 0.3) is 5.56 Å². The Hall–Kier alpha value is -2.67. The summed E-state index contributed by atoms with van der Waals surface area (Å²) < 4.78 is 15.6. The van der Waals surface area contributed by atoms with Crippen molar-refractivity contribution in [3.63, 3.8) is 0 Å². The van der Waals surface area contributed by atoms with Crippen molar-refractivity contribution < 1.29 is 9.18 Å². The van der Waals surface area contributed by atoms with Crippen molar-refractivity contribution in [2.24, 2.45) is 0 Å². The van der Waals surface area contributed by atoms with Crippen LogP contribution in [0.15, 0.2) is 58.5 Å². The lowest BCUT2D eigenvalue weighted by molar-refractivity contribution is -0.119. The maximum Gasteiger partial charge on any atom is 0.266 e. The molecule has 0 aliphatic carbocycles. The number of carbonyl (C=O) groups excluding carboxylic acids is 1. The first-order chi connectivity index (χ1) is 13.0. The number of hydrogen-bond donors (Lipinski definition) is 1. The highest BCUT2D eigenvalue weighted by molar-refractivity contribution is 7.99. The van der Waals surface area contributed by atoms with Crippen LogP contribution in [0.4, 0.5) is 4.39 Å². The van der Waals surface area contributed by atoms with Crippen molar-refractivity contribution >= 4 is 28.6 Å². The van der Waals surface area contributed by atoms with E-state index in [4.69, 9.17) is 0 Å². The van der Waals surface area contributed by atoms with E-state index in [-0.39, 0.29) is 34.1 Å². The largest absolute Gasteiger partial charge is 0.353 e. The van der Waals surface area contributed by atoms with E-state index in [1.165, 1.54) is 16.7 Å². The molecule has 3 aromatic rings. The lowest BCUT2D eigenvalue weighted by Gasteiger charge is -2.15. The molecule has 0 spiro atoms. The summed E-state index contributed by atoms with van der Waals surface area (Å²) in [5.74, 6) is -0.594. The van der Waals surface area contributed by atoms with Gasteiger partial charge in [-0.3, -0.25) is 14.2 Å². The summed E-state index contributed by atoms with van der Waals surface area (Å²) in [6.07, 6.45) is 0.824. The van der Waals surface area contributed by atoms with Crippen LogP contribution in [-0.4, -0.2) is 27.3 Å². The second-order valence-electron chi connectivity index (χ2n) is 6.17. The number of nitrogens with zero attached hydrogens (tertiary/aromatic N) is 2. The molecule has 3 rings (SSSR count). The fourth-order valence-corrected chi connectivity index (χ4v) is 3.42. The van der Waals surface area contributed by atoms with Crippen LogP contribution in [0.1, 0.15) is 20.3 Å². The summed E-state index contributed by atoms with van der Waals surface area (Å²) >= 11 is 1.11. The van der Waals surface area contributed by atoms with Gasteiger partial charge < -0.3 is 5.32 Å². The van der Waals surface area contributed by atoms with Gasteiger partial charge >= 0.3 is 0 Å². The van der Waals surface area contributed by atoms with Crippen molar-refractivity contribution in [2.75, 3.05) is 5.75 Å². The van der Waals surface area contributed by atoms with Crippen LogP contribution >= 0.6 is 11.8 Å². The SMILES string of the molecule is CCC(C)NC(=O)CSc1nc2ccccc2c(=O)n1-c1ccccc1F. The van der Waals surface area contributed by atoms with Gasteiger partial charge in [-0.15, -0.1) is 0 Å². The number of carbonyl (C=O) groups is 1. The van der Waals surface area contributed by atoms with Crippen molar-refractivity contribution in [3.05, 3.63) is 64.7 Å². The first kappa shape index (κ1) is 19.1. The molecular formula is C20H20FN3O2S. The van der Waals surface area contributed by atoms with Crippen LogP contribution in [0.5, 0.6) is 0 Å². The first-order valence-corrected chi connectivity index (χ1v) is 9.68. The Bertz CT molecular complexity index is 1040. The van der Waals surface area contributed by atoms with E-state index in [1.54, 1.807) is 36.4 Å². The molecule has 5 nitrogen and oxygen atoms in total. The molecule has 0 fully saturated rings. The van der Waals surface area contributed by atoms with E-state index in [9.17, 15) is 14.0 Å². The first-order valence-electron chi connectivity index (χ1n) is 8.70. The van der Waals surface area contributed by atoms with E-state index < -0.39 is 5.82 Å². The Morgan fingerprint density at radius 3 is 2.67 bits per heavy atom. The van der Waals surface area contributed by atoms with Crippen LogP contribution < -0.4 is 10.9 Å². The normalized spacial score (nSPS) is 12.1. The molecule has 0 aliphatic heterocycles. The van der Waals surface area contributed by atoms with Gasteiger partial charge in [-0.25, -0.2) is 9.37 Å². The van der Waals surface area contributed by atoms with Gasteiger partial charge in [0.15, 0.2) is 5.16 Å². The molecule has 0 aliphatic rings. The summed E-state index contributed by atoms with van der Waals surface area (Å²) in [4.78, 5) is 29.6. The summed E-state index contributed by atoms with van der Waals surface area (Å²) in [6.45, 7) is 3.91. The third-order valence-corrected chi connectivity index (χ3v) is 5.13. The fraction of sp³-hybridized carbons (Fsp3) is 0.250. The van der Waals surface area contributed by atoms with Gasteiger partial charge in [0.2, 0.25) is 5.91 Å². The Labute approximate surface area is 160 Å². The topological polar surface area (TPSA) is 64.0 Å². The molecule has 7 heteroatoms. The van der Waals surface area contributed by atoms with Crippen LogP contribution in [0.3, 0.4) is 0 Å². The Morgan fingerprint density at radius 1 is 1.22 bits per heavy atom. The number of amides is 1. The third-order valence-electron chi connectivity index (χ3n) is 4.19. The highest BCUT2D eigenvalue weighted by atomic mass is 32.2. The van der Waals surface area contributed by atoms with E-state index in [0.717, 1.165) is 18.2 Å². The van der Waals surface area contributed by atoms with Crippen molar-refractivity contribution in [1.29, 1.82) is 0 Å². The smallest absolute Gasteiger partial charge is 0.266 e. The van der Waals surface area contributed by atoms with Crippen molar-refractivity contribution in [1.82, 2.24) is 14.9 Å². The van der Waals surface area contributed by atoms with Crippen molar-refractivity contribution in [2.45, 2.75) is 31.5 Å². The van der Waals surface area contributed by atoms with Gasteiger partial charge in [-0.2, -0.15) is 0 Å². The second kappa shape index (κ2) is 8.35. The number of thioether (sulfide) groups is 1. The minimum Gasteiger partial charge on any atom is -0.353 e. The highest BCUT2D eigenvalue weighted by Crippen LogP contribution is 2.22. The van der Waals surface area contributed by atoms with E-state index >= 15 is 0 Å². The molecule has 1 atom stereocenters. The zero-order valence-electron chi connectivity index (χ0n) is 15.1. The summed E-state index contributed by atoms with van der Waals surface area (Å²) in [7, 11) is 0. The van der Waals surface area contributed by atoms with Crippen LogP contribution in [0, 0.1) is 5.82 Å². The average Bonchev–Trinajstić information content (AvgIpc) is 2.67. The Morgan fingerprint density at radius 2 is 1.93 bits per heavy atom. The average molecular weight is 385 g/mol. The molecule has 1 heterocycles. The van der Waals surface area contributed by atoms with E-state index in [0.29, 0.717) is 10.9 Å². The van der Waals surface area contributed by atoms with Crippen LogP contribution in [-0.2, 0) is 4.79 Å². The highest BCUT2D eigenvalue weighted by Gasteiger charge is 2.17. The number of rotatable bonds is 6. The maximum absolute atomic E-state index is 14.4. The Balaban J connectivity index is 2.05. The summed E-state index contributed by atoms with van der Waals surface area (Å²) in [5, 5.41) is 3.55. The minimum absolute atomic E-state index is 0.0661. The molecule has 0 saturated carbocycles. The third kappa shape index (κ3) is 4.19. The second-order valence-corrected chi connectivity index (χ2v) is 7.11. The van der Waals surface area contributed by atoms with Gasteiger partial charge in [0.05, 0.1) is 22.3 Å². The van der Waals surface area contributed by atoms with Crippen LogP contribution in [0.25, 0.3) is 16.6 Å². The lowest BCUT2D eigenvalue weighted by atomic mass is 10.2. The number of para-hydroxylation sites is 2. The molecule has 1 aromatic heterocycles. The number of benzene rings is 2. The summed E-state index contributed by atoms with van der Waals surface area (Å²) in [5.41, 5.74) is 0.265. The molecular weight excluding hydrogens is 365 g/mol. The van der Waals surface area contributed by atoms with Gasteiger partial charge in [-0.1, -0.05) is 43.0 Å². The molecule has 0 bridgehead atoms. The number of nitrogens with one attached hydrogen (secondary N) is 1. The van der Waals surface area contributed by atoms with Crippen molar-refractivity contribution in [3.8, 4) is 5.69 Å². The van der Waals surface area contributed by atoms with E-state index in [1.807, 2.05) is 13.8 Å². The Kier molecular flexibility index (Phi) is 5.91. The monoisotopic (exact) mass is 385 g/mol. The molecule has 27 heavy (non-hydrogen) atoms. The molecule has 140 valence electrons. The molecule has 0 saturated heterocycles. The maximum atomic E-state index is 14.4. The van der Waals surface area contributed by atoms with Gasteiger partial charge in [0.1, 0.15) is 5.82 Å². The molecule has 1 N–H and O–H groups in total. The summed E-state index contributed by atoms with van der Waals surface area (Å²) in [6, 6.07) is 13.0. The zero-order valence-corrected chi connectivity index (χ0v) is 15.9. The molecule has 2 aromatic carbocycles. The standard InChI is InChI=1S/C20H20FN3O2S/c1-3-13(2)22-18(25)12-27-20-23-16-10-6-4-8-14(16)19(26)24(20)17-11-7-5-9-15(17)21/h4-11,13H,3,12H2,1-2H3,(H,22,25). The number of fused-ring (bicyclic) bond motifs is 1. The molecule has 1 unspecified atom stereocenters. The molecule has 1 amide bonds. The number of halogens is 1. The van der Waals surface area contributed by atoms with Crippen LogP contribution in [0.2, 0.25) is 0 Å². The number of hydrogen-bond acceptors (Lipinski definition) is 4. The predicted octanol–water partition coefficient (Wildman–Crippen LogP) is 3.53. The molecule has 0 radical (unpaired) electrons. The quantitative estimate of drug-likeness (QED) is 0.521.